The Morgan fingerprint density at radius 2 is 1.90 bits per heavy atom. The van der Waals surface area contributed by atoms with Gasteiger partial charge in [0.05, 0.1) is 20.3 Å². The van der Waals surface area contributed by atoms with E-state index in [4.69, 9.17) is 14.2 Å². The molecule has 210 valence electrons. The summed E-state index contributed by atoms with van der Waals surface area (Å²) in [6, 6.07) is 11.5. The van der Waals surface area contributed by atoms with Gasteiger partial charge in [-0.2, -0.15) is 0 Å². The minimum atomic E-state index is -1.31. The lowest BCUT2D eigenvalue weighted by Gasteiger charge is -2.32. The number of β-amino-alcohol motifs (C(OH)–C–C–N with tert-alkyl or cyclic N) is 1. The van der Waals surface area contributed by atoms with Gasteiger partial charge in [0.15, 0.2) is 11.5 Å². The number of aryl methyl sites for hydroxylation is 2. The van der Waals surface area contributed by atoms with Gasteiger partial charge in [-0.15, -0.1) is 0 Å². The molecule has 4 rings (SSSR count). The molecule has 0 saturated carbocycles. The zero-order valence-electron chi connectivity index (χ0n) is 22.8. The van der Waals surface area contributed by atoms with Crippen molar-refractivity contribution in [3.63, 3.8) is 0 Å². The highest BCUT2D eigenvalue weighted by Gasteiger charge is 2.37. The number of aromatic nitrogens is 2. The summed E-state index contributed by atoms with van der Waals surface area (Å²) in [7, 11) is 1.61. The number of ether oxygens (including phenoxy) is 3. The minimum Gasteiger partial charge on any atom is -0.493 e. The van der Waals surface area contributed by atoms with Crippen LogP contribution < -0.4 is 14.2 Å². The van der Waals surface area contributed by atoms with E-state index in [2.05, 4.69) is 14.5 Å². The highest BCUT2D eigenvalue weighted by molar-refractivity contribution is 5.73. The summed E-state index contributed by atoms with van der Waals surface area (Å²) in [5, 5.41) is 11.5. The Morgan fingerprint density at radius 1 is 1.10 bits per heavy atom. The molecule has 1 aliphatic heterocycles. The van der Waals surface area contributed by atoms with Crippen LogP contribution in [0.25, 0.3) is 0 Å². The first kappa shape index (κ1) is 28.4. The van der Waals surface area contributed by atoms with Crippen molar-refractivity contribution in [3.05, 3.63) is 72.1 Å². The van der Waals surface area contributed by atoms with Crippen LogP contribution in [0.2, 0.25) is 0 Å². The standard InChI is InChI=1S/C29H37FN4O5/c1-22-31-11-13-33(22)12-4-16-38-28-17-24(5-10-27(28)37-3)18-32-14-15-34(23(2)35)20-29(36,19-32)21-39-26-8-6-25(30)7-9-26/h5-11,13,17,36H,4,12,14-16,18-21H2,1-3H3. The second-order valence-corrected chi connectivity index (χ2v) is 9.97. The molecule has 9 nitrogen and oxygen atoms in total. The summed E-state index contributed by atoms with van der Waals surface area (Å²) in [5.41, 5.74) is -0.317. The Bertz CT molecular complexity index is 1230. The number of nitrogens with zero attached hydrogens (tertiary/aromatic N) is 4. The number of hydrogen-bond acceptors (Lipinski definition) is 7. The fraction of sp³-hybridized carbons (Fsp3) is 0.448. The summed E-state index contributed by atoms with van der Waals surface area (Å²) >= 11 is 0. The molecule has 10 heteroatoms. The van der Waals surface area contributed by atoms with Crippen molar-refractivity contribution in [3.8, 4) is 17.2 Å². The molecule has 2 heterocycles. The first-order valence-corrected chi connectivity index (χ1v) is 13.1. The number of halogens is 1. The zero-order valence-corrected chi connectivity index (χ0v) is 22.8. The maximum absolute atomic E-state index is 13.3. The second-order valence-electron chi connectivity index (χ2n) is 9.97. The number of methoxy groups -OCH3 is 1. The number of hydrogen-bond donors (Lipinski definition) is 1. The van der Waals surface area contributed by atoms with Crippen molar-refractivity contribution in [2.24, 2.45) is 0 Å². The van der Waals surface area contributed by atoms with Gasteiger partial charge in [-0.05, 0) is 55.3 Å². The van der Waals surface area contributed by atoms with Crippen LogP contribution in [-0.4, -0.2) is 82.5 Å². The molecule has 1 saturated heterocycles. The third-order valence-electron chi connectivity index (χ3n) is 6.81. The first-order chi connectivity index (χ1) is 18.7. The molecule has 0 bridgehead atoms. The summed E-state index contributed by atoms with van der Waals surface area (Å²) in [6.07, 6.45) is 4.56. The molecule has 1 amide bonds. The maximum Gasteiger partial charge on any atom is 0.219 e. The number of carbonyl (C=O) groups excluding carboxylic acids is 1. The van der Waals surface area contributed by atoms with Gasteiger partial charge in [-0.25, -0.2) is 9.37 Å². The monoisotopic (exact) mass is 540 g/mol. The Balaban J connectivity index is 1.41. The molecule has 0 spiro atoms. The molecular formula is C29H37FN4O5. The molecule has 1 unspecified atom stereocenters. The van der Waals surface area contributed by atoms with Crippen LogP contribution in [-0.2, 0) is 17.9 Å². The van der Waals surface area contributed by atoms with Crippen molar-refractivity contribution in [2.45, 2.75) is 39.0 Å². The van der Waals surface area contributed by atoms with E-state index < -0.39 is 5.60 Å². The predicted molar refractivity (Wildman–Crippen MR) is 144 cm³/mol. The van der Waals surface area contributed by atoms with Crippen molar-refractivity contribution in [1.82, 2.24) is 19.4 Å². The number of imidazole rings is 1. The summed E-state index contributed by atoms with van der Waals surface area (Å²) in [5.74, 6) is 2.27. The lowest BCUT2D eigenvalue weighted by molar-refractivity contribution is -0.132. The predicted octanol–water partition coefficient (Wildman–Crippen LogP) is 3.28. The lowest BCUT2D eigenvalue weighted by atomic mass is 10.0. The fourth-order valence-corrected chi connectivity index (χ4v) is 4.73. The van der Waals surface area contributed by atoms with Crippen molar-refractivity contribution < 1.29 is 28.5 Å². The van der Waals surface area contributed by atoms with Crippen molar-refractivity contribution in [1.29, 1.82) is 0 Å². The van der Waals surface area contributed by atoms with E-state index in [1.165, 1.54) is 31.2 Å². The van der Waals surface area contributed by atoms with Crippen LogP contribution >= 0.6 is 0 Å². The molecular weight excluding hydrogens is 503 g/mol. The lowest BCUT2D eigenvalue weighted by Crippen LogP contribution is -2.51. The third kappa shape index (κ3) is 7.93. The summed E-state index contributed by atoms with van der Waals surface area (Å²) in [6.45, 7) is 6.83. The average Bonchev–Trinajstić information content (AvgIpc) is 3.24. The van der Waals surface area contributed by atoms with Crippen LogP contribution in [0.4, 0.5) is 4.39 Å². The molecule has 0 aliphatic carbocycles. The normalized spacial score (nSPS) is 18.0. The number of benzene rings is 2. The minimum absolute atomic E-state index is 0.0354. The summed E-state index contributed by atoms with van der Waals surface area (Å²) < 4.78 is 32.7. The van der Waals surface area contributed by atoms with Gasteiger partial charge in [0.25, 0.3) is 0 Å². The number of carbonyl (C=O) groups is 1. The molecule has 1 fully saturated rings. The van der Waals surface area contributed by atoms with Crippen LogP contribution in [0.1, 0.15) is 24.7 Å². The SMILES string of the molecule is COc1ccc(CN2CCN(C(C)=O)CC(O)(COc3ccc(F)cc3)C2)cc1OCCCn1ccnc1C. The van der Waals surface area contributed by atoms with E-state index in [0.29, 0.717) is 50.0 Å². The zero-order chi connectivity index (χ0) is 27.8. The highest BCUT2D eigenvalue weighted by atomic mass is 19.1. The maximum atomic E-state index is 13.3. The van der Waals surface area contributed by atoms with Gasteiger partial charge in [0.2, 0.25) is 5.91 Å². The van der Waals surface area contributed by atoms with Gasteiger partial charge in [0.1, 0.15) is 29.6 Å². The van der Waals surface area contributed by atoms with Crippen LogP contribution in [0.15, 0.2) is 54.9 Å². The Labute approximate surface area is 228 Å². The van der Waals surface area contributed by atoms with Gasteiger partial charge < -0.3 is 28.8 Å². The quantitative estimate of drug-likeness (QED) is 0.374. The molecule has 1 aliphatic rings. The first-order valence-electron chi connectivity index (χ1n) is 13.1. The molecule has 39 heavy (non-hydrogen) atoms. The van der Waals surface area contributed by atoms with Crippen LogP contribution in [0, 0.1) is 12.7 Å². The smallest absolute Gasteiger partial charge is 0.219 e. The van der Waals surface area contributed by atoms with Crippen LogP contribution in [0.5, 0.6) is 17.2 Å². The van der Waals surface area contributed by atoms with Gasteiger partial charge in [-0.3, -0.25) is 9.69 Å². The molecule has 2 aromatic carbocycles. The molecule has 1 aromatic heterocycles. The van der Waals surface area contributed by atoms with Crippen molar-refractivity contribution >= 4 is 5.91 Å². The van der Waals surface area contributed by atoms with Crippen molar-refractivity contribution in [2.75, 3.05) is 46.5 Å². The van der Waals surface area contributed by atoms with Gasteiger partial charge >= 0.3 is 0 Å². The Kier molecular flexibility index (Phi) is 9.42. The molecule has 3 aromatic rings. The summed E-state index contributed by atoms with van der Waals surface area (Å²) in [4.78, 5) is 20.2. The van der Waals surface area contributed by atoms with E-state index in [1.54, 1.807) is 18.2 Å². The topological polar surface area (TPSA) is 89.3 Å². The molecule has 1 N–H and O–H groups in total. The average molecular weight is 541 g/mol. The molecule has 0 radical (unpaired) electrons. The van der Waals surface area contributed by atoms with E-state index in [9.17, 15) is 14.3 Å². The third-order valence-corrected chi connectivity index (χ3v) is 6.81. The van der Waals surface area contributed by atoms with Gasteiger partial charge in [-0.1, -0.05) is 6.07 Å². The Morgan fingerprint density at radius 3 is 2.59 bits per heavy atom. The Hall–Kier alpha value is -3.63. The second kappa shape index (κ2) is 12.9. The molecule has 1 atom stereocenters. The van der Waals surface area contributed by atoms with E-state index in [0.717, 1.165) is 24.4 Å². The van der Waals surface area contributed by atoms with E-state index >= 15 is 0 Å². The fourth-order valence-electron chi connectivity index (χ4n) is 4.73. The number of rotatable bonds is 11. The van der Waals surface area contributed by atoms with E-state index in [1.807, 2.05) is 31.3 Å². The number of aliphatic hydroxyl groups is 1. The van der Waals surface area contributed by atoms with E-state index in [-0.39, 0.29) is 24.9 Å². The highest BCUT2D eigenvalue weighted by Crippen LogP contribution is 2.29. The van der Waals surface area contributed by atoms with Gasteiger partial charge in [0, 0.05) is 52.0 Å². The largest absolute Gasteiger partial charge is 0.493 e. The number of amides is 1. The van der Waals surface area contributed by atoms with Crippen LogP contribution in [0.3, 0.4) is 0 Å².